The van der Waals surface area contributed by atoms with E-state index in [-0.39, 0.29) is 18.1 Å². The zero-order valence-electron chi connectivity index (χ0n) is 11.5. The molecule has 0 spiro atoms. The van der Waals surface area contributed by atoms with Gasteiger partial charge in [0.15, 0.2) is 0 Å². The lowest BCUT2D eigenvalue weighted by Gasteiger charge is -2.38. The third kappa shape index (κ3) is 3.46. The summed E-state index contributed by atoms with van der Waals surface area (Å²) in [6.07, 6.45) is 0. The maximum atomic E-state index is 12.1. The van der Waals surface area contributed by atoms with Gasteiger partial charge in [0.2, 0.25) is 0 Å². The largest absolute Gasteiger partial charge is 0.465 e. The number of thiophene rings is 1. The Morgan fingerprint density at radius 3 is 3.00 bits per heavy atom. The topological polar surface area (TPSA) is 41.6 Å². The molecule has 7 heteroatoms. The molecular weight excluding hydrogens is 319 g/mol. The minimum absolute atomic E-state index is 0.0303. The molecule has 1 aromatic heterocycles. The van der Waals surface area contributed by atoms with Gasteiger partial charge >= 0.3 is 5.97 Å². The number of hydrogen-bond donors (Lipinski definition) is 1. The summed E-state index contributed by atoms with van der Waals surface area (Å²) < 4.78 is 6.51. The summed E-state index contributed by atoms with van der Waals surface area (Å²) in [7, 11) is 0. The van der Waals surface area contributed by atoms with Gasteiger partial charge in [0.05, 0.1) is 15.3 Å². The predicted molar refractivity (Wildman–Crippen MR) is 82.8 cm³/mol. The average molecular weight is 337 g/mol. The van der Waals surface area contributed by atoms with E-state index in [1.54, 1.807) is 0 Å². The number of nitrogens with zero attached hydrogens (tertiary/aromatic N) is 1. The van der Waals surface area contributed by atoms with Gasteiger partial charge in [0.1, 0.15) is 6.04 Å². The number of nitrogens with one attached hydrogen (secondary N) is 1. The molecule has 2 unspecified atom stereocenters. The molecule has 1 aliphatic heterocycles. The van der Waals surface area contributed by atoms with E-state index in [1.165, 1.54) is 11.3 Å². The number of piperazine rings is 1. The second kappa shape index (κ2) is 7.09. The predicted octanol–water partition coefficient (Wildman–Crippen LogP) is 2.95. The zero-order valence-corrected chi connectivity index (χ0v) is 13.8. The van der Waals surface area contributed by atoms with Crippen molar-refractivity contribution in [3.63, 3.8) is 0 Å². The van der Waals surface area contributed by atoms with E-state index in [0.29, 0.717) is 21.8 Å². The summed E-state index contributed by atoms with van der Waals surface area (Å²) in [6.45, 7) is 6.46. The van der Waals surface area contributed by atoms with Crippen LogP contribution in [0.5, 0.6) is 0 Å². The molecule has 112 valence electrons. The van der Waals surface area contributed by atoms with Crippen molar-refractivity contribution >= 4 is 40.5 Å². The minimum Gasteiger partial charge on any atom is -0.465 e. The molecule has 0 amide bonds. The highest BCUT2D eigenvalue weighted by molar-refractivity contribution is 7.20. The van der Waals surface area contributed by atoms with Crippen molar-refractivity contribution < 1.29 is 9.53 Å². The number of rotatable bonds is 4. The van der Waals surface area contributed by atoms with Gasteiger partial charge in [-0.15, -0.1) is 11.3 Å². The summed E-state index contributed by atoms with van der Waals surface area (Å²) in [5, 5.41) is 3.23. The first-order chi connectivity index (χ1) is 9.54. The number of carbonyl (C=O) groups is 1. The van der Waals surface area contributed by atoms with Gasteiger partial charge in [-0.3, -0.25) is 9.69 Å². The van der Waals surface area contributed by atoms with E-state index >= 15 is 0 Å². The molecule has 1 fully saturated rings. The smallest absolute Gasteiger partial charge is 0.324 e. The number of ether oxygens (including phenoxy) is 1. The van der Waals surface area contributed by atoms with Crippen LogP contribution in [0.15, 0.2) is 6.07 Å². The zero-order chi connectivity index (χ0) is 14.7. The lowest BCUT2D eigenvalue weighted by Crippen LogP contribution is -2.55. The van der Waals surface area contributed by atoms with Crippen molar-refractivity contribution in [3.8, 4) is 0 Å². The van der Waals surface area contributed by atoms with Gasteiger partial charge in [-0.05, 0) is 19.9 Å². The molecule has 20 heavy (non-hydrogen) atoms. The standard InChI is InChI=1S/C13H18Cl2N2O2S/c1-3-19-13(18)10-7-16-4-5-17(10)8(2)9-6-11(14)20-12(9)15/h6,8,10,16H,3-5,7H2,1-2H3. The molecule has 2 atom stereocenters. The van der Waals surface area contributed by atoms with Gasteiger partial charge in [0.25, 0.3) is 0 Å². The summed E-state index contributed by atoms with van der Waals surface area (Å²) >= 11 is 13.6. The number of halogens is 2. The van der Waals surface area contributed by atoms with Crippen molar-refractivity contribution in [2.24, 2.45) is 0 Å². The Morgan fingerprint density at radius 1 is 1.65 bits per heavy atom. The van der Waals surface area contributed by atoms with Crippen molar-refractivity contribution in [2.45, 2.75) is 25.9 Å². The van der Waals surface area contributed by atoms with E-state index in [2.05, 4.69) is 10.2 Å². The first kappa shape index (κ1) is 16.0. The quantitative estimate of drug-likeness (QED) is 0.858. The molecule has 1 aromatic rings. The van der Waals surface area contributed by atoms with Gasteiger partial charge in [-0.2, -0.15) is 0 Å². The van der Waals surface area contributed by atoms with E-state index in [1.807, 2.05) is 19.9 Å². The molecule has 0 aliphatic carbocycles. The van der Waals surface area contributed by atoms with E-state index in [4.69, 9.17) is 27.9 Å². The van der Waals surface area contributed by atoms with Crippen LogP contribution in [0.1, 0.15) is 25.5 Å². The Labute approximate surface area is 133 Å². The van der Waals surface area contributed by atoms with Crippen molar-refractivity contribution in [1.82, 2.24) is 10.2 Å². The first-order valence-corrected chi connectivity index (χ1v) is 8.19. The van der Waals surface area contributed by atoms with Gasteiger partial charge < -0.3 is 10.1 Å². The molecule has 4 nitrogen and oxygen atoms in total. The second-order valence-corrected chi connectivity index (χ2v) is 6.95. The van der Waals surface area contributed by atoms with Crippen molar-refractivity contribution in [1.29, 1.82) is 0 Å². The summed E-state index contributed by atoms with van der Waals surface area (Å²) in [5.74, 6) is -0.191. The Hall–Kier alpha value is -0.330. The first-order valence-electron chi connectivity index (χ1n) is 6.62. The maximum Gasteiger partial charge on any atom is 0.324 e. The Balaban J connectivity index is 2.19. The SMILES string of the molecule is CCOC(=O)C1CNCCN1C(C)c1cc(Cl)sc1Cl. The fourth-order valence-electron chi connectivity index (χ4n) is 2.46. The van der Waals surface area contributed by atoms with E-state index < -0.39 is 0 Å². The lowest BCUT2D eigenvalue weighted by atomic mass is 10.1. The van der Waals surface area contributed by atoms with Crippen LogP contribution in [0.2, 0.25) is 8.67 Å². The Morgan fingerprint density at radius 2 is 2.40 bits per heavy atom. The molecule has 1 saturated heterocycles. The van der Waals surface area contributed by atoms with Crippen LogP contribution in [0.3, 0.4) is 0 Å². The van der Waals surface area contributed by atoms with Crippen molar-refractivity contribution in [3.05, 3.63) is 20.3 Å². The molecule has 1 aliphatic rings. The van der Waals surface area contributed by atoms with Crippen LogP contribution in [-0.2, 0) is 9.53 Å². The van der Waals surface area contributed by atoms with Gasteiger partial charge in [-0.1, -0.05) is 23.2 Å². The number of carbonyl (C=O) groups excluding carboxylic acids is 1. The molecule has 1 N–H and O–H groups in total. The van der Waals surface area contributed by atoms with Crippen LogP contribution in [0.4, 0.5) is 0 Å². The molecule has 2 heterocycles. The average Bonchev–Trinajstić information content (AvgIpc) is 2.77. The Bertz CT molecular complexity index is 481. The molecule has 0 aromatic carbocycles. The van der Waals surface area contributed by atoms with E-state index in [9.17, 15) is 4.79 Å². The van der Waals surface area contributed by atoms with Crippen molar-refractivity contribution in [2.75, 3.05) is 26.2 Å². The minimum atomic E-state index is -0.284. The van der Waals surface area contributed by atoms with E-state index in [0.717, 1.165) is 18.7 Å². The van der Waals surface area contributed by atoms with Gasteiger partial charge in [0, 0.05) is 31.2 Å². The molecule has 0 bridgehead atoms. The second-order valence-electron chi connectivity index (χ2n) is 4.67. The summed E-state index contributed by atoms with van der Waals surface area (Å²) in [5.41, 5.74) is 0.970. The highest BCUT2D eigenvalue weighted by Gasteiger charge is 2.34. The normalized spacial score (nSPS) is 21.7. The lowest BCUT2D eigenvalue weighted by molar-refractivity contribution is -0.151. The van der Waals surface area contributed by atoms with Crippen LogP contribution >= 0.6 is 34.5 Å². The van der Waals surface area contributed by atoms with Crippen LogP contribution in [-0.4, -0.2) is 43.2 Å². The molecule has 0 saturated carbocycles. The summed E-state index contributed by atoms with van der Waals surface area (Å²) in [4.78, 5) is 14.2. The van der Waals surface area contributed by atoms with Crippen LogP contribution in [0.25, 0.3) is 0 Å². The highest BCUT2D eigenvalue weighted by Crippen LogP contribution is 2.37. The molecule has 0 radical (unpaired) electrons. The number of esters is 1. The summed E-state index contributed by atoms with van der Waals surface area (Å²) in [6, 6.07) is 1.62. The third-order valence-electron chi connectivity index (χ3n) is 3.47. The molecular formula is C13H18Cl2N2O2S. The molecule has 2 rings (SSSR count). The highest BCUT2D eigenvalue weighted by atomic mass is 35.5. The van der Waals surface area contributed by atoms with Crippen LogP contribution < -0.4 is 5.32 Å². The monoisotopic (exact) mass is 336 g/mol. The third-order valence-corrected chi connectivity index (χ3v) is 4.99. The Kier molecular flexibility index (Phi) is 5.69. The number of hydrogen-bond acceptors (Lipinski definition) is 5. The van der Waals surface area contributed by atoms with Crippen LogP contribution in [0, 0.1) is 0 Å². The fourth-order valence-corrected chi connectivity index (χ4v) is 4.09. The maximum absolute atomic E-state index is 12.1. The van der Waals surface area contributed by atoms with Gasteiger partial charge in [-0.25, -0.2) is 0 Å². The fraction of sp³-hybridized carbons (Fsp3) is 0.615.